The molecule has 0 saturated heterocycles. The summed E-state index contributed by atoms with van der Waals surface area (Å²) in [6.45, 7) is 8.12. The van der Waals surface area contributed by atoms with Crippen LogP contribution >= 0.6 is 0 Å². The van der Waals surface area contributed by atoms with Gasteiger partial charge in [-0.25, -0.2) is 0 Å². The van der Waals surface area contributed by atoms with Crippen molar-refractivity contribution >= 4 is 0 Å². The molecule has 0 aromatic heterocycles. The molecule has 2 aromatic carbocycles. The van der Waals surface area contributed by atoms with E-state index in [2.05, 4.69) is 38.1 Å². The monoisotopic (exact) mass is 358 g/mol. The van der Waals surface area contributed by atoms with E-state index in [0.717, 1.165) is 11.5 Å². The summed E-state index contributed by atoms with van der Waals surface area (Å²) in [5.74, 6) is 1.72. The zero-order valence-electron chi connectivity index (χ0n) is 16.5. The van der Waals surface area contributed by atoms with Crippen molar-refractivity contribution in [2.24, 2.45) is 0 Å². The van der Waals surface area contributed by atoms with E-state index in [9.17, 15) is 0 Å². The molecule has 0 amide bonds. The van der Waals surface area contributed by atoms with Crippen LogP contribution in [-0.2, 0) is 14.9 Å². The van der Waals surface area contributed by atoms with Gasteiger partial charge in [-0.1, -0.05) is 38.1 Å². The van der Waals surface area contributed by atoms with E-state index in [-0.39, 0.29) is 11.5 Å². The number of rotatable bonds is 10. The molecule has 26 heavy (non-hydrogen) atoms. The molecule has 0 saturated carbocycles. The molecule has 0 aliphatic rings. The van der Waals surface area contributed by atoms with Crippen molar-refractivity contribution in [3.63, 3.8) is 0 Å². The molecular formula is C22H30O4. The van der Waals surface area contributed by atoms with Crippen LogP contribution in [0.4, 0.5) is 0 Å². The molecule has 0 heterocycles. The summed E-state index contributed by atoms with van der Waals surface area (Å²) in [6.07, 6.45) is 0.0794. The maximum absolute atomic E-state index is 5.74. The van der Waals surface area contributed by atoms with Crippen LogP contribution in [-0.4, -0.2) is 40.1 Å². The van der Waals surface area contributed by atoms with E-state index in [0.29, 0.717) is 19.8 Å². The number of hydrogen-bond donors (Lipinski definition) is 0. The first-order valence-corrected chi connectivity index (χ1v) is 8.95. The first-order chi connectivity index (χ1) is 12.5. The second-order valence-corrected chi connectivity index (χ2v) is 6.87. The molecule has 4 nitrogen and oxygen atoms in total. The van der Waals surface area contributed by atoms with Gasteiger partial charge >= 0.3 is 0 Å². The highest BCUT2D eigenvalue weighted by Gasteiger charge is 2.23. The van der Waals surface area contributed by atoms with Crippen LogP contribution in [0.15, 0.2) is 48.5 Å². The Labute approximate surface area is 157 Å². The highest BCUT2D eigenvalue weighted by Crippen LogP contribution is 2.33. The van der Waals surface area contributed by atoms with Crippen LogP contribution in [0.3, 0.4) is 0 Å². The van der Waals surface area contributed by atoms with Crippen molar-refractivity contribution in [1.82, 2.24) is 0 Å². The fourth-order valence-corrected chi connectivity index (χ4v) is 2.63. The summed E-state index contributed by atoms with van der Waals surface area (Å²) in [5.41, 5.74) is 2.36. The minimum Gasteiger partial charge on any atom is -0.491 e. The van der Waals surface area contributed by atoms with Gasteiger partial charge in [0.05, 0.1) is 12.7 Å². The van der Waals surface area contributed by atoms with E-state index in [4.69, 9.17) is 18.9 Å². The fraction of sp³-hybridized carbons (Fsp3) is 0.455. The smallest absolute Gasteiger partial charge is 0.119 e. The van der Waals surface area contributed by atoms with Gasteiger partial charge in [0.1, 0.15) is 24.7 Å². The second-order valence-electron chi connectivity index (χ2n) is 6.87. The highest BCUT2D eigenvalue weighted by atomic mass is 16.5. The van der Waals surface area contributed by atoms with E-state index >= 15 is 0 Å². The Bertz CT molecular complexity index is 647. The summed E-state index contributed by atoms with van der Waals surface area (Å²) < 4.78 is 21.6. The van der Waals surface area contributed by atoms with E-state index in [1.54, 1.807) is 14.2 Å². The second kappa shape index (κ2) is 9.60. The van der Waals surface area contributed by atoms with Crippen molar-refractivity contribution < 1.29 is 18.9 Å². The van der Waals surface area contributed by atoms with Crippen LogP contribution in [0, 0.1) is 0 Å². The molecule has 2 rings (SSSR count). The number of ether oxygens (including phenoxy) is 4. The van der Waals surface area contributed by atoms with Crippen molar-refractivity contribution in [1.29, 1.82) is 0 Å². The van der Waals surface area contributed by atoms with Gasteiger partial charge in [0.15, 0.2) is 0 Å². The predicted molar refractivity (Wildman–Crippen MR) is 104 cm³/mol. The van der Waals surface area contributed by atoms with Gasteiger partial charge in [0, 0.05) is 19.6 Å². The molecular weight excluding hydrogens is 328 g/mol. The van der Waals surface area contributed by atoms with Crippen molar-refractivity contribution in [2.75, 3.05) is 34.0 Å². The maximum atomic E-state index is 5.74. The molecule has 142 valence electrons. The normalized spacial score (nSPS) is 12.7. The lowest BCUT2D eigenvalue weighted by Crippen LogP contribution is -2.19. The quantitative estimate of drug-likeness (QED) is 0.588. The first-order valence-electron chi connectivity index (χ1n) is 8.95. The zero-order chi connectivity index (χ0) is 19.0. The third kappa shape index (κ3) is 5.48. The molecule has 0 spiro atoms. The minimum absolute atomic E-state index is 0.0794. The summed E-state index contributed by atoms with van der Waals surface area (Å²) in [6, 6.07) is 16.5. The van der Waals surface area contributed by atoms with Crippen molar-refractivity contribution in [3.05, 3.63) is 59.7 Å². The number of methoxy groups -OCH3 is 2. The van der Waals surface area contributed by atoms with E-state index in [1.165, 1.54) is 11.1 Å². The molecule has 0 radical (unpaired) electrons. The predicted octanol–water partition coefficient (Wildman–Crippen LogP) is 4.45. The summed E-state index contributed by atoms with van der Waals surface area (Å²) in [4.78, 5) is 0. The summed E-state index contributed by atoms with van der Waals surface area (Å²) >= 11 is 0. The molecule has 1 unspecified atom stereocenters. The Morgan fingerprint density at radius 3 is 1.73 bits per heavy atom. The Kier molecular flexibility index (Phi) is 7.49. The lowest BCUT2D eigenvalue weighted by molar-refractivity contribution is 0.0716. The van der Waals surface area contributed by atoms with Crippen LogP contribution in [0.1, 0.15) is 31.9 Å². The fourth-order valence-electron chi connectivity index (χ4n) is 2.63. The lowest BCUT2D eigenvalue weighted by Gasteiger charge is -2.26. The van der Waals surface area contributed by atoms with E-state index in [1.807, 2.05) is 31.2 Å². The minimum atomic E-state index is -0.108. The van der Waals surface area contributed by atoms with Crippen molar-refractivity contribution in [2.45, 2.75) is 32.3 Å². The Hall–Kier alpha value is -2.04. The van der Waals surface area contributed by atoms with Gasteiger partial charge in [-0.2, -0.15) is 0 Å². The summed E-state index contributed by atoms with van der Waals surface area (Å²) in [5, 5.41) is 0. The van der Waals surface area contributed by atoms with Gasteiger partial charge in [0.25, 0.3) is 0 Å². The Balaban J connectivity index is 2.04. The van der Waals surface area contributed by atoms with Crippen LogP contribution < -0.4 is 9.47 Å². The largest absolute Gasteiger partial charge is 0.491 e. The molecule has 0 N–H and O–H groups in total. The lowest BCUT2D eigenvalue weighted by atomic mass is 9.78. The van der Waals surface area contributed by atoms with Gasteiger partial charge in [-0.15, -0.1) is 0 Å². The Morgan fingerprint density at radius 2 is 1.27 bits per heavy atom. The van der Waals surface area contributed by atoms with Gasteiger partial charge < -0.3 is 18.9 Å². The average molecular weight is 358 g/mol. The van der Waals surface area contributed by atoms with E-state index < -0.39 is 0 Å². The topological polar surface area (TPSA) is 36.9 Å². The van der Waals surface area contributed by atoms with Gasteiger partial charge in [-0.05, 0) is 42.3 Å². The maximum Gasteiger partial charge on any atom is 0.119 e. The highest BCUT2D eigenvalue weighted by molar-refractivity contribution is 5.41. The van der Waals surface area contributed by atoms with Gasteiger partial charge in [0.2, 0.25) is 0 Å². The molecule has 2 aromatic rings. The molecule has 0 fully saturated rings. The third-order valence-corrected chi connectivity index (χ3v) is 4.60. The molecule has 1 atom stereocenters. The molecule has 0 aliphatic heterocycles. The first kappa shape index (κ1) is 20.3. The van der Waals surface area contributed by atoms with Crippen LogP contribution in [0.2, 0.25) is 0 Å². The molecule has 4 heteroatoms. The standard InChI is InChI=1S/C22H30O4/c1-17(24-5)16-26-21-12-8-19(9-13-21)22(2,3)18-6-10-20(11-7-18)25-15-14-23-4/h6-13,17H,14-16H2,1-5H3. The zero-order valence-corrected chi connectivity index (χ0v) is 16.5. The average Bonchev–Trinajstić information content (AvgIpc) is 2.67. The summed E-state index contributed by atoms with van der Waals surface area (Å²) in [7, 11) is 3.36. The molecule has 0 bridgehead atoms. The van der Waals surface area contributed by atoms with Crippen molar-refractivity contribution in [3.8, 4) is 11.5 Å². The number of hydrogen-bond acceptors (Lipinski definition) is 4. The SMILES string of the molecule is COCCOc1ccc(C(C)(C)c2ccc(OCC(C)OC)cc2)cc1. The Morgan fingerprint density at radius 1 is 0.769 bits per heavy atom. The third-order valence-electron chi connectivity index (χ3n) is 4.60. The van der Waals surface area contributed by atoms with Crippen LogP contribution in [0.5, 0.6) is 11.5 Å². The molecule has 0 aliphatic carbocycles. The number of benzene rings is 2. The van der Waals surface area contributed by atoms with Gasteiger partial charge in [-0.3, -0.25) is 0 Å². The van der Waals surface area contributed by atoms with Crippen LogP contribution in [0.25, 0.3) is 0 Å².